The van der Waals surface area contributed by atoms with Crippen molar-refractivity contribution < 1.29 is 9.13 Å². The highest BCUT2D eigenvalue weighted by Crippen LogP contribution is 2.11. The Morgan fingerprint density at radius 1 is 1.17 bits per heavy atom. The maximum Gasteiger partial charge on any atom is 0.213 e. The van der Waals surface area contributed by atoms with Gasteiger partial charge in [0.05, 0.1) is 6.20 Å². The summed E-state index contributed by atoms with van der Waals surface area (Å²) >= 11 is 0. The molecule has 0 radical (unpaired) electrons. The first-order valence-electron chi connectivity index (χ1n) is 5.74. The molecule has 0 atom stereocenters. The Kier molecular flexibility index (Phi) is 4.07. The number of ether oxygens (including phenoxy) is 1. The van der Waals surface area contributed by atoms with Gasteiger partial charge in [-0.1, -0.05) is 36.4 Å². The van der Waals surface area contributed by atoms with Gasteiger partial charge >= 0.3 is 0 Å². The minimum atomic E-state index is -0.363. The minimum Gasteiger partial charge on any atom is -0.473 e. The average molecular weight is 243 g/mol. The quantitative estimate of drug-likeness (QED) is 0.814. The Bertz CT molecular complexity index is 517. The van der Waals surface area contributed by atoms with Crippen LogP contribution in [0.15, 0.2) is 48.7 Å². The fourth-order valence-corrected chi connectivity index (χ4v) is 1.52. The molecule has 0 amide bonds. The second-order valence-electron chi connectivity index (χ2n) is 3.84. The summed E-state index contributed by atoms with van der Waals surface area (Å²) in [5, 5.41) is 0. The van der Waals surface area contributed by atoms with Gasteiger partial charge < -0.3 is 4.74 Å². The lowest BCUT2D eigenvalue weighted by atomic mass is 10.1. The summed E-state index contributed by atoms with van der Waals surface area (Å²) in [5.74, 6) is 0.0620. The number of pyridine rings is 1. The summed E-state index contributed by atoms with van der Waals surface area (Å²) in [7, 11) is 0. The first-order chi connectivity index (χ1) is 8.78. The lowest BCUT2D eigenvalue weighted by molar-refractivity contribution is 0.293. The number of hydrogen-bond acceptors (Lipinski definition) is 2. The molecule has 3 heteroatoms. The van der Waals surface area contributed by atoms with Crippen molar-refractivity contribution in [3.8, 4) is 5.88 Å². The highest BCUT2D eigenvalue weighted by Gasteiger charge is 1.98. The van der Waals surface area contributed by atoms with E-state index in [4.69, 9.17) is 4.74 Å². The number of halogens is 1. The van der Waals surface area contributed by atoms with E-state index >= 15 is 0 Å². The van der Waals surface area contributed by atoms with Crippen molar-refractivity contribution in [2.75, 3.05) is 0 Å². The molecule has 0 fully saturated rings. The van der Waals surface area contributed by atoms with E-state index in [2.05, 4.69) is 4.98 Å². The zero-order valence-corrected chi connectivity index (χ0v) is 10.1. The van der Waals surface area contributed by atoms with Gasteiger partial charge in [-0.3, -0.25) is 0 Å². The number of hydrogen-bond donors (Lipinski definition) is 0. The third kappa shape index (κ3) is 3.42. The molecule has 1 heterocycles. The first-order valence-corrected chi connectivity index (χ1v) is 5.74. The van der Waals surface area contributed by atoms with Crippen LogP contribution in [0, 0.1) is 5.82 Å². The van der Waals surface area contributed by atoms with Crippen LogP contribution >= 0.6 is 0 Å². The second-order valence-corrected chi connectivity index (χ2v) is 3.84. The van der Waals surface area contributed by atoms with Crippen LogP contribution in [0.3, 0.4) is 0 Å². The molecule has 0 aliphatic rings. The summed E-state index contributed by atoms with van der Waals surface area (Å²) < 4.78 is 18.1. The Hall–Kier alpha value is -2.16. The van der Waals surface area contributed by atoms with Crippen molar-refractivity contribution >= 4 is 6.08 Å². The molecule has 92 valence electrons. The molecule has 0 saturated heterocycles. The van der Waals surface area contributed by atoms with Gasteiger partial charge in [0.15, 0.2) is 0 Å². The van der Waals surface area contributed by atoms with E-state index in [0.717, 1.165) is 17.3 Å². The number of benzene rings is 1. The number of aromatic nitrogens is 1. The smallest absolute Gasteiger partial charge is 0.213 e. The molecule has 1 aromatic heterocycles. The number of rotatable bonds is 4. The molecule has 0 aliphatic carbocycles. The van der Waals surface area contributed by atoms with E-state index in [9.17, 15) is 4.39 Å². The van der Waals surface area contributed by atoms with Crippen LogP contribution in [0.5, 0.6) is 5.88 Å². The fraction of sp³-hybridized carbons (Fsp3) is 0.133. The standard InChI is InChI=1S/C15H14FNO/c1-2-3-12-4-6-13(7-5-12)11-18-15-9-8-14(16)10-17-15/h2-10H,11H2,1H3/b3-2+. The maximum absolute atomic E-state index is 12.6. The lowest BCUT2D eigenvalue weighted by Gasteiger charge is -2.05. The van der Waals surface area contributed by atoms with E-state index in [0.29, 0.717) is 12.5 Å². The van der Waals surface area contributed by atoms with Crippen molar-refractivity contribution in [2.24, 2.45) is 0 Å². The Labute approximate surface area is 106 Å². The van der Waals surface area contributed by atoms with Gasteiger partial charge in [0.2, 0.25) is 5.88 Å². The van der Waals surface area contributed by atoms with Crippen molar-refractivity contribution in [2.45, 2.75) is 13.5 Å². The topological polar surface area (TPSA) is 22.1 Å². The second kappa shape index (κ2) is 5.96. The Balaban J connectivity index is 1.95. The largest absolute Gasteiger partial charge is 0.473 e. The normalized spacial score (nSPS) is 10.8. The third-order valence-corrected chi connectivity index (χ3v) is 2.43. The maximum atomic E-state index is 12.6. The van der Waals surface area contributed by atoms with Crippen LogP contribution in [0.1, 0.15) is 18.1 Å². The molecular weight excluding hydrogens is 229 g/mol. The van der Waals surface area contributed by atoms with E-state index in [1.807, 2.05) is 43.3 Å². The predicted molar refractivity (Wildman–Crippen MR) is 69.7 cm³/mol. The van der Waals surface area contributed by atoms with Crippen LogP contribution in [0.25, 0.3) is 6.08 Å². The molecule has 0 spiro atoms. The molecule has 2 rings (SSSR count). The number of allylic oxidation sites excluding steroid dienone is 1. The van der Waals surface area contributed by atoms with Crippen molar-refractivity contribution in [3.05, 3.63) is 65.6 Å². The lowest BCUT2D eigenvalue weighted by Crippen LogP contribution is -1.97. The molecule has 2 aromatic rings. The molecule has 0 bridgehead atoms. The first kappa shape index (κ1) is 12.3. The van der Waals surface area contributed by atoms with Gasteiger partial charge in [-0.2, -0.15) is 0 Å². The zero-order valence-electron chi connectivity index (χ0n) is 10.1. The number of nitrogens with zero attached hydrogens (tertiary/aromatic N) is 1. The van der Waals surface area contributed by atoms with Gasteiger partial charge in [-0.05, 0) is 24.1 Å². The van der Waals surface area contributed by atoms with Crippen LogP contribution in [-0.2, 0) is 6.61 Å². The highest BCUT2D eigenvalue weighted by atomic mass is 19.1. The summed E-state index contributed by atoms with van der Waals surface area (Å²) in [5.41, 5.74) is 2.20. The summed E-state index contributed by atoms with van der Waals surface area (Å²) in [4.78, 5) is 3.83. The van der Waals surface area contributed by atoms with Crippen LogP contribution < -0.4 is 4.74 Å². The molecule has 18 heavy (non-hydrogen) atoms. The van der Waals surface area contributed by atoms with Crippen LogP contribution in [-0.4, -0.2) is 4.98 Å². The van der Waals surface area contributed by atoms with Crippen molar-refractivity contribution in [1.29, 1.82) is 0 Å². The Morgan fingerprint density at radius 2 is 1.94 bits per heavy atom. The molecule has 0 N–H and O–H groups in total. The average Bonchev–Trinajstić information content (AvgIpc) is 2.40. The van der Waals surface area contributed by atoms with Crippen molar-refractivity contribution in [1.82, 2.24) is 4.98 Å². The predicted octanol–water partition coefficient (Wildman–Crippen LogP) is 3.83. The zero-order chi connectivity index (χ0) is 12.8. The van der Waals surface area contributed by atoms with Crippen molar-refractivity contribution in [3.63, 3.8) is 0 Å². The van der Waals surface area contributed by atoms with Crippen LogP contribution in [0.4, 0.5) is 4.39 Å². The molecule has 0 aliphatic heterocycles. The van der Waals surface area contributed by atoms with Gasteiger partial charge in [-0.15, -0.1) is 0 Å². The van der Waals surface area contributed by atoms with E-state index in [1.54, 1.807) is 0 Å². The van der Waals surface area contributed by atoms with Crippen LogP contribution in [0.2, 0.25) is 0 Å². The van der Waals surface area contributed by atoms with Gasteiger partial charge in [0.1, 0.15) is 12.4 Å². The molecule has 0 saturated carbocycles. The van der Waals surface area contributed by atoms with Gasteiger partial charge in [-0.25, -0.2) is 9.37 Å². The Morgan fingerprint density at radius 3 is 2.56 bits per heavy atom. The third-order valence-electron chi connectivity index (χ3n) is 2.43. The summed E-state index contributed by atoms with van der Waals surface area (Å²) in [6, 6.07) is 10.9. The van der Waals surface area contributed by atoms with E-state index in [-0.39, 0.29) is 5.82 Å². The van der Waals surface area contributed by atoms with E-state index < -0.39 is 0 Å². The summed E-state index contributed by atoms with van der Waals surface area (Å²) in [6.07, 6.45) is 5.17. The van der Waals surface area contributed by atoms with Gasteiger partial charge in [0, 0.05) is 6.07 Å². The minimum absolute atomic E-state index is 0.363. The highest BCUT2D eigenvalue weighted by molar-refractivity contribution is 5.49. The van der Waals surface area contributed by atoms with Gasteiger partial charge in [0.25, 0.3) is 0 Å². The SMILES string of the molecule is C/C=C/c1ccc(COc2ccc(F)cn2)cc1. The summed E-state index contributed by atoms with van der Waals surface area (Å²) in [6.45, 7) is 2.41. The molecular formula is C15H14FNO. The molecule has 0 unspecified atom stereocenters. The monoisotopic (exact) mass is 243 g/mol. The molecule has 1 aromatic carbocycles. The fourth-order valence-electron chi connectivity index (χ4n) is 1.52. The molecule has 2 nitrogen and oxygen atoms in total. The van der Waals surface area contributed by atoms with E-state index in [1.165, 1.54) is 12.1 Å².